The Morgan fingerprint density at radius 2 is 2.05 bits per heavy atom. The summed E-state index contributed by atoms with van der Waals surface area (Å²) in [6.45, 7) is 4.70. The van der Waals surface area contributed by atoms with E-state index >= 15 is 0 Å². The lowest BCUT2D eigenvalue weighted by Gasteiger charge is -2.27. The Morgan fingerprint density at radius 1 is 1.23 bits per heavy atom. The molecule has 2 N–H and O–H groups in total. The van der Waals surface area contributed by atoms with Crippen molar-refractivity contribution in [3.8, 4) is 5.82 Å². The maximum absolute atomic E-state index is 9.98. The molecule has 1 aliphatic rings. The van der Waals surface area contributed by atoms with Crippen LogP contribution < -0.4 is 5.32 Å². The van der Waals surface area contributed by atoms with Crippen LogP contribution in [-0.4, -0.2) is 37.7 Å². The highest BCUT2D eigenvalue weighted by molar-refractivity contribution is 5.37. The summed E-state index contributed by atoms with van der Waals surface area (Å²) in [5.41, 5.74) is 2.01. The summed E-state index contributed by atoms with van der Waals surface area (Å²) in [5, 5.41) is 26.1. The average molecular weight is 301 g/mol. The molecule has 0 bridgehead atoms. The van der Waals surface area contributed by atoms with Crippen LogP contribution in [-0.2, 0) is 0 Å². The zero-order chi connectivity index (χ0) is 15.5. The minimum Gasteiger partial charge on any atom is -0.393 e. The predicted molar refractivity (Wildman–Crippen MR) is 85.1 cm³/mol. The summed E-state index contributed by atoms with van der Waals surface area (Å²) in [5.74, 6) is 1.77. The van der Waals surface area contributed by atoms with Crippen molar-refractivity contribution in [3.63, 3.8) is 0 Å². The second-order valence-electron chi connectivity index (χ2n) is 6.11. The number of aromatic nitrogens is 4. The van der Waals surface area contributed by atoms with Gasteiger partial charge in [0.1, 0.15) is 5.82 Å². The van der Waals surface area contributed by atoms with Crippen LogP contribution in [0.5, 0.6) is 0 Å². The lowest BCUT2D eigenvalue weighted by molar-refractivity contribution is 0.0763. The predicted octanol–water partition coefficient (Wildman–Crippen LogP) is 2.24. The van der Waals surface area contributed by atoms with Crippen LogP contribution in [0.15, 0.2) is 18.2 Å². The zero-order valence-electron chi connectivity index (χ0n) is 13.2. The van der Waals surface area contributed by atoms with Crippen molar-refractivity contribution in [2.45, 2.75) is 45.6 Å². The summed E-state index contributed by atoms with van der Waals surface area (Å²) in [6, 6.07) is 5.83. The molecule has 2 atom stereocenters. The SMILES string of the molecule is Cc1cc(C)n(-c2ccc(NCC3CCCCC3O)nn2)n1. The van der Waals surface area contributed by atoms with E-state index in [0.717, 1.165) is 43.0 Å². The Balaban J connectivity index is 1.63. The molecular formula is C16H23N5O. The fourth-order valence-corrected chi connectivity index (χ4v) is 3.06. The van der Waals surface area contributed by atoms with Gasteiger partial charge in [0.15, 0.2) is 5.82 Å². The normalized spacial score (nSPS) is 21.8. The summed E-state index contributed by atoms with van der Waals surface area (Å²) in [7, 11) is 0. The van der Waals surface area contributed by atoms with E-state index in [2.05, 4.69) is 20.6 Å². The molecule has 1 aliphatic carbocycles. The maximum atomic E-state index is 9.98. The third-order valence-electron chi connectivity index (χ3n) is 4.29. The number of nitrogens with one attached hydrogen (secondary N) is 1. The molecule has 6 nitrogen and oxygen atoms in total. The molecule has 3 rings (SSSR count). The van der Waals surface area contributed by atoms with Crippen molar-refractivity contribution in [2.75, 3.05) is 11.9 Å². The Kier molecular flexibility index (Phi) is 4.38. The molecule has 22 heavy (non-hydrogen) atoms. The first-order valence-electron chi connectivity index (χ1n) is 7.93. The molecule has 118 valence electrons. The van der Waals surface area contributed by atoms with Crippen LogP contribution >= 0.6 is 0 Å². The fourth-order valence-electron chi connectivity index (χ4n) is 3.06. The highest BCUT2D eigenvalue weighted by Crippen LogP contribution is 2.24. The monoisotopic (exact) mass is 301 g/mol. The molecule has 0 aliphatic heterocycles. The number of aliphatic hydroxyl groups excluding tert-OH is 1. The van der Waals surface area contributed by atoms with Gasteiger partial charge in [-0.2, -0.15) is 5.10 Å². The van der Waals surface area contributed by atoms with Crippen molar-refractivity contribution >= 4 is 5.82 Å². The second kappa shape index (κ2) is 6.44. The van der Waals surface area contributed by atoms with Crippen molar-refractivity contribution in [2.24, 2.45) is 5.92 Å². The summed E-state index contributed by atoms with van der Waals surface area (Å²) < 4.78 is 1.79. The topological polar surface area (TPSA) is 75.9 Å². The van der Waals surface area contributed by atoms with Crippen LogP contribution in [0, 0.1) is 19.8 Å². The van der Waals surface area contributed by atoms with E-state index in [-0.39, 0.29) is 6.10 Å². The number of hydrogen-bond donors (Lipinski definition) is 2. The van der Waals surface area contributed by atoms with E-state index in [0.29, 0.717) is 11.7 Å². The van der Waals surface area contributed by atoms with Gasteiger partial charge in [-0.1, -0.05) is 12.8 Å². The number of nitrogens with zero attached hydrogens (tertiary/aromatic N) is 4. The highest BCUT2D eigenvalue weighted by Gasteiger charge is 2.22. The van der Waals surface area contributed by atoms with E-state index < -0.39 is 0 Å². The lowest BCUT2D eigenvalue weighted by Crippen LogP contribution is -2.30. The molecule has 0 amide bonds. The molecule has 0 saturated heterocycles. The molecule has 0 radical (unpaired) electrons. The number of hydrogen-bond acceptors (Lipinski definition) is 5. The van der Waals surface area contributed by atoms with Gasteiger partial charge in [0.25, 0.3) is 0 Å². The maximum Gasteiger partial charge on any atom is 0.176 e. The fraction of sp³-hybridized carbons (Fsp3) is 0.562. The molecular weight excluding hydrogens is 278 g/mol. The van der Waals surface area contributed by atoms with Crippen molar-refractivity contribution < 1.29 is 5.11 Å². The van der Waals surface area contributed by atoms with Crippen LogP contribution in [0.25, 0.3) is 5.82 Å². The molecule has 1 fully saturated rings. The van der Waals surface area contributed by atoms with Gasteiger partial charge in [-0.25, -0.2) is 4.68 Å². The largest absolute Gasteiger partial charge is 0.393 e. The van der Waals surface area contributed by atoms with E-state index in [1.807, 2.05) is 32.0 Å². The molecule has 2 heterocycles. The quantitative estimate of drug-likeness (QED) is 0.906. The molecule has 2 aromatic rings. The Labute approximate surface area is 130 Å². The van der Waals surface area contributed by atoms with E-state index in [9.17, 15) is 5.11 Å². The molecule has 2 aromatic heterocycles. The third-order valence-corrected chi connectivity index (χ3v) is 4.29. The van der Waals surface area contributed by atoms with E-state index in [1.54, 1.807) is 4.68 Å². The Hall–Kier alpha value is -1.95. The molecule has 6 heteroatoms. The molecule has 1 saturated carbocycles. The number of anilines is 1. The van der Waals surface area contributed by atoms with Gasteiger partial charge >= 0.3 is 0 Å². The second-order valence-corrected chi connectivity index (χ2v) is 6.11. The zero-order valence-corrected chi connectivity index (χ0v) is 13.2. The van der Waals surface area contributed by atoms with Gasteiger partial charge in [0.05, 0.1) is 11.8 Å². The summed E-state index contributed by atoms with van der Waals surface area (Å²) in [6.07, 6.45) is 4.13. The standard InChI is InChI=1S/C16H23N5O/c1-11-9-12(2)21(20-11)16-8-7-15(18-19-16)17-10-13-5-3-4-6-14(13)22/h7-9,13-14,22H,3-6,10H2,1-2H3,(H,17,18). The lowest BCUT2D eigenvalue weighted by atomic mass is 9.86. The highest BCUT2D eigenvalue weighted by atomic mass is 16.3. The molecule has 0 spiro atoms. The number of aryl methyl sites for hydroxylation is 2. The van der Waals surface area contributed by atoms with Crippen molar-refractivity contribution in [1.29, 1.82) is 0 Å². The number of rotatable bonds is 4. The van der Waals surface area contributed by atoms with Gasteiger partial charge in [-0.15, -0.1) is 10.2 Å². The van der Waals surface area contributed by atoms with E-state index in [1.165, 1.54) is 6.42 Å². The van der Waals surface area contributed by atoms with Crippen LogP contribution in [0.3, 0.4) is 0 Å². The van der Waals surface area contributed by atoms with Crippen molar-refractivity contribution in [1.82, 2.24) is 20.0 Å². The van der Waals surface area contributed by atoms with Crippen LogP contribution in [0.4, 0.5) is 5.82 Å². The first-order chi connectivity index (χ1) is 10.6. The van der Waals surface area contributed by atoms with Crippen molar-refractivity contribution in [3.05, 3.63) is 29.6 Å². The van der Waals surface area contributed by atoms with Gasteiger partial charge in [0.2, 0.25) is 0 Å². The van der Waals surface area contributed by atoms with Gasteiger partial charge < -0.3 is 10.4 Å². The van der Waals surface area contributed by atoms with E-state index in [4.69, 9.17) is 0 Å². The molecule has 2 unspecified atom stereocenters. The number of aliphatic hydroxyl groups is 1. The third kappa shape index (κ3) is 3.27. The molecule has 0 aromatic carbocycles. The van der Waals surface area contributed by atoms with Gasteiger partial charge in [-0.3, -0.25) is 0 Å². The average Bonchev–Trinajstić information content (AvgIpc) is 2.86. The Bertz CT molecular complexity index is 622. The van der Waals surface area contributed by atoms with Crippen LogP contribution in [0.2, 0.25) is 0 Å². The minimum atomic E-state index is -0.191. The van der Waals surface area contributed by atoms with Gasteiger partial charge in [-0.05, 0) is 44.9 Å². The smallest absolute Gasteiger partial charge is 0.176 e. The van der Waals surface area contributed by atoms with Gasteiger partial charge in [0, 0.05) is 18.2 Å². The Morgan fingerprint density at radius 3 is 2.68 bits per heavy atom. The summed E-state index contributed by atoms with van der Waals surface area (Å²) in [4.78, 5) is 0. The minimum absolute atomic E-state index is 0.191. The van der Waals surface area contributed by atoms with Crippen LogP contribution in [0.1, 0.15) is 37.1 Å². The first-order valence-corrected chi connectivity index (χ1v) is 7.93. The first kappa shape index (κ1) is 15.0. The summed E-state index contributed by atoms with van der Waals surface area (Å²) >= 11 is 0.